The van der Waals surface area contributed by atoms with Crippen molar-refractivity contribution < 1.29 is 14.6 Å². The Morgan fingerprint density at radius 3 is 2.43 bits per heavy atom. The van der Waals surface area contributed by atoms with E-state index in [4.69, 9.17) is 4.74 Å². The second-order valence-electron chi connectivity index (χ2n) is 7.61. The van der Waals surface area contributed by atoms with Crippen LogP contribution >= 0.6 is 0 Å². The predicted molar refractivity (Wildman–Crippen MR) is 110 cm³/mol. The molecule has 5 heteroatoms. The number of aliphatic hydroxyl groups excluding tert-OH is 1. The second kappa shape index (κ2) is 9.60. The van der Waals surface area contributed by atoms with Gasteiger partial charge in [-0.3, -0.25) is 0 Å². The molecule has 1 saturated heterocycles. The number of rotatable bonds is 6. The molecule has 0 radical (unpaired) electrons. The average molecular weight is 383 g/mol. The van der Waals surface area contributed by atoms with Gasteiger partial charge in [0.1, 0.15) is 5.75 Å². The summed E-state index contributed by atoms with van der Waals surface area (Å²) in [5.74, 6) is 0.995. The maximum Gasteiger partial charge on any atom is 0.317 e. The normalized spacial score (nSPS) is 16.1. The SMILES string of the molecule is CC(C)Oc1ccccc1CNC(=O)N1CCC(C(O)c2ccccc2)CC1. The molecule has 150 valence electrons. The monoisotopic (exact) mass is 382 g/mol. The van der Waals surface area contributed by atoms with Gasteiger partial charge in [0.25, 0.3) is 0 Å². The van der Waals surface area contributed by atoms with E-state index in [1.807, 2.05) is 73.3 Å². The molecule has 1 unspecified atom stereocenters. The Labute approximate surface area is 167 Å². The molecule has 28 heavy (non-hydrogen) atoms. The van der Waals surface area contributed by atoms with E-state index in [-0.39, 0.29) is 18.1 Å². The zero-order valence-electron chi connectivity index (χ0n) is 16.7. The fraction of sp³-hybridized carbons (Fsp3) is 0.435. The fourth-order valence-corrected chi connectivity index (χ4v) is 3.64. The Kier molecular flexibility index (Phi) is 6.93. The minimum atomic E-state index is -0.466. The molecule has 1 atom stereocenters. The summed E-state index contributed by atoms with van der Waals surface area (Å²) in [5, 5.41) is 13.6. The van der Waals surface area contributed by atoms with E-state index in [9.17, 15) is 9.90 Å². The van der Waals surface area contributed by atoms with E-state index in [1.54, 1.807) is 0 Å². The fourth-order valence-electron chi connectivity index (χ4n) is 3.64. The zero-order valence-corrected chi connectivity index (χ0v) is 16.7. The van der Waals surface area contributed by atoms with Crippen LogP contribution in [0.4, 0.5) is 4.79 Å². The molecule has 2 N–H and O–H groups in total. The van der Waals surface area contributed by atoms with Crippen molar-refractivity contribution in [2.45, 2.75) is 45.4 Å². The van der Waals surface area contributed by atoms with Gasteiger partial charge in [-0.05, 0) is 44.2 Å². The Morgan fingerprint density at radius 2 is 1.75 bits per heavy atom. The number of carbonyl (C=O) groups is 1. The van der Waals surface area contributed by atoms with Gasteiger partial charge < -0.3 is 20.1 Å². The summed E-state index contributed by atoms with van der Waals surface area (Å²) in [6.45, 7) is 5.73. The average Bonchev–Trinajstić information content (AvgIpc) is 2.73. The van der Waals surface area contributed by atoms with Crippen molar-refractivity contribution in [3.63, 3.8) is 0 Å². The lowest BCUT2D eigenvalue weighted by atomic mass is 9.87. The predicted octanol–water partition coefficient (Wildman–Crippen LogP) is 4.13. The number of benzene rings is 2. The molecule has 0 aliphatic carbocycles. The maximum atomic E-state index is 12.6. The highest BCUT2D eigenvalue weighted by Gasteiger charge is 2.28. The lowest BCUT2D eigenvalue weighted by Gasteiger charge is -2.34. The highest BCUT2D eigenvalue weighted by Crippen LogP contribution is 2.30. The molecule has 1 aliphatic heterocycles. The number of piperidine rings is 1. The smallest absolute Gasteiger partial charge is 0.317 e. The first-order valence-corrected chi connectivity index (χ1v) is 10.0. The number of carbonyl (C=O) groups excluding carboxylic acids is 1. The summed E-state index contributed by atoms with van der Waals surface area (Å²) in [7, 11) is 0. The van der Waals surface area contributed by atoms with Crippen molar-refractivity contribution in [1.29, 1.82) is 0 Å². The number of hydrogen-bond acceptors (Lipinski definition) is 3. The van der Waals surface area contributed by atoms with Crippen molar-refractivity contribution in [2.24, 2.45) is 5.92 Å². The third-order valence-corrected chi connectivity index (χ3v) is 5.18. The van der Waals surface area contributed by atoms with E-state index in [1.165, 1.54) is 0 Å². The third kappa shape index (κ3) is 5.26. The van der Waals surface area contributed by atoms with E-state index >= 15 is 0 Å². The largest absolute Gasteiger partial charge is 0.491 e. The number of likely N-dealkylation sites (tertiary alicyclic amines) is 1. The molecule has 2 amide bonds. The van der Waals surface area contributed by atoms with Crippen LogP contribution in [0, 0.1) is 5.92 Å². The van der Waals surface area contributed by atoms with Gasteiger partial charge in [0.05, 0.1) is 12.2 Å². The Bertz CT molecular complexity index is 755. The van der Waals surface area contributed by atoms with Crippen LogP contribution in [0.2, 0.25) is 0 Å². The first-order chi connectivity index (χ1) is 13.5. The molecule has 0 saturated carbocycles. The molecule has 0 aromatic heterocycles. The first-order valence-electron chi connectivity index (χ1n) is 10.0. The topological polar surface area (TPSA) is 61.8 Å². The molecule has 5 nitrogen and oxygen atoms in total. The van der Waals surface area contributed by atoms with Crippen LogP contribution in [0.15, 0.2) is 54.6 Å². The van der Waals surface area contributed by atoms with Gasteiger partial charge in [-0.1, -0.05) is 48.5 Å². The van der Waals surface area contributed by atoms with Gasteiger partial charge >= 0.3 is 6.03 Å². The van der Waals surface area contributed by atoms with E-state index in [0.29, 0.717) is 19.6 Å². The van der Waals surface area contributed by atoms with Gasteiger partial charge in [0.2, 0.25) is 0 Å². The summed E-state index contributed by atoms with van der Waals surface area (Å²) < 4.78 is 5.81. The summed E-state index contributed by atoms with van der Waals surface area (Å²) in [4.78, 5) is 14.4. The van der Waals surface area contributed by atoms with Gasteiger partial charge in [0.15, 0.2) is 0 Å². The summed E-state index contributed by atoms with van der Waals surface area (Å²) >= 11 is 0. The van der Waals surface area contributed by atoms with Gasteiger partial charge in [-0.15, -0.1) is 0 Å². The van der Waals surface area contributed by atoms with Crippen molar-refractivity contribution in [2.75, 3.05) is 13.1 Å². The first kappa shape index (κ1) is 20.2. The van der Waals surface area contributed by atoms with Gasteiger partial charge in [0, 0.05) is 25.2 Å². The van der Waals surface area contributed by atoms with Crippen LogP contribution in [0.1, 0.15) is 43.9 Å². The van der Waals surface area contributed by atoms with E-state index < -0.39 is 6.10 Å². The van der Waals surface area contributed by atoms with Crippen molar-refractivity contribution >= 4 is 6.03 Å². The Hall–Kier alpha value is -2.53. The standard InChI is InChI=1S/C23H30N2O3/c1-17(2)28-21-11-7-6-10-20(21)16-24-23(27)25-14-12-19(13-15-25)22(26)18-8-4-3-5-9-18/h3-11,17,19,22,26H,12-16H2,1-2H3,(H,24,27). The molecule has 3 rings (SSSR count). The van der Waals surface area contributed by atoms with E-state index in [2.05, 4.69) is 5.32 Å². The van der Waals surface area contributed by atoms with Crippen LogP contribution in [-0.4, -0.2) is 35.2 Å². The minimum absolute atomic E-state index is 0.0630. The molecule has 1 heterocycles. The van der Waals surface area contributed by atoms with Crippen molar-refractivity contribution in [1.82, 2.24) is 10.2 Å². The Morgan fingerprint density at radius 1 is 1.11 bits per heavy atom. The molecule has 2 aromatic rings. The lowest BCUT2D eigenvalue weighted by molar-refractivity contribution is 0.0665. The third-order valence-electron chi connectivity index (χ3n) is 5.18. The number of para-hydroxylation sites is 1. The zero-order chi connectivity index (χ0) is 19.9. The number of ether oxygens (including phenoxy) is 1. The maximum absolute atomic E-state index is 12.6. The molecule has 0 bridgehead atoms. The van der Waals surface area contributed by atoms with Crippen LogP contribution in [0.5, 0.6) is 5.75 Å². The molecule has 0 spiro atoms. The molecule has 1 aliphatic rings. The summed E-state index contributed by atoms with van der Waals surface area (Å²) in [5.41, 5.74) is 1.92. The lowest BCUT2D eigenvalue weighted by Crippen LogP contribution is -2.45. The number of nitrogens with zero attached hydrogens (tertiary/aromatic N) is 1. The quantitative estimate of drug-likeness (QED) is 0.790. The highest BCUT2D eigenvalue weighted by molar-refractivity contribution is 5.74. The van der Waals surface area contributed by atoms with Gasteiger partial charge in [-0.2, -0.15) is 0 Å². The minimum Gasteiger partial charge on any atom is -0.491 e. The number of nitrogens with one attached hydrogen (secondary N) is 1. The number of urea groups is 1. The van der Waals surface area contributed by atoms with Crippen LogP contribution in [0.25, 0.3) is 0 Å². The molecule has 2 aromatic carbocycles. The number of aliphatic hydroxyl groups is 1. The number of hydrogen-bond donors (Lipinski definition) is 2. The van der Waals surface area contributed by atoms with Crippen LogP contribution in [-0.2, 0) is 6.54 Å². The summed E-state index contributed by atoms with van der Waals surface area (Å²) in [6.07, 6.45) is 1.23. The molecule has 1 fully saturated rings. The summed E-state index contributed by atoms with van der Waals surface area (Å²) in [6, 6.07) is 17.5. The van der Waals surface area contributed by atoms with Crippen molar-refractivity contribution in [3.05, 3.63) is 65.7 Å². The van der Waals surface area contributed by atoms with Gasteiger partial charge in [-0.25, -0.2) is 4.79 Å². The second-order valence-corrected chi connectivity index (χ2v) is 7.61. The highest BCUT2D eigenvalue weighted by atomic mass is 16.5. The van der Waals surface area contributed by atoms with Crippen LogP contribution in [0.3, 0.4) is 0 Å². The van der Waals surface area contributed by atoms with E-state index in [0.717, 1.165) is 29.7 Å². The van der Waals surface area contributed by atoms with Crippen molar-refractivity contribution in [3.8, 4) is 5.75 Å². The number of amides is 2. The van der Waals surface area contributed by atoms with Crippen LogP contribution < -0.4 is 10.1 Å². The Balaban J connectivity index is 1.49. The molecular formula is C23H30N2O3. The molecular weight excluding hydrogens is 352 g/mol.